The van der Waals surface area contributed by atoms with Crippen LogP contribution in [-0.2, 0) is 28.6 Å². The van der Waals surface area contributed by atoms with E-state index < -0.39 is 28.7 Å². The largest absolute Gasteiger partial charge is 0.419 e. The van der Waals surface area contributed by atoms with E-state index in [1.165, 1.54) is 6.20 Å². The summed E-state index contributed by atoms with van der Waals surface area (Å²) in [5.41, 5.74) is 5.57. The van der Waals surface area contributed by atoms with Crippen molar-refractivity contribution >= 4 is 11.8 Å². The number of anilines is 1. The van der Waals surface area contributed by atoms with Crippen molar-refractivity contribution < 1.29 is 22.7 Å². The molecule has 2 amide bonds. The number of carbonyl (C=O) groups excluding carboxylic acids is 1. The van der Waals surface area contributed by atoms with Gasteiger partial charge in [-0.2, -0.15) is 18.3 Å². The highest BCUT2D eigenvalue weighted by Gasteiger charge is 2.49. The van der Waals surface area contributed by atoms with Crippen LogP contribution in [0.2, 0.25) is 0 Å². The molecule has 1 saturated heterocycles. The molecule has 0 unspecified atom stereocenters. The molecule has 1 spiro atoms. The molecule has 2 aliphatic heterocycles. The van der Waals surface area contributed by atoms with E-state index in [-0.39, 0.29) is 11.6 Å². The summed E-state index contributed by atoms with van der Waals surface area (Å²) >= 11 is 0. The van der Waals surface area contributed by atoms with Gasteiger partial charge < -0.3 is 20.7 Å². The highest BCUT2D eigenvalue weighted by Crippen LogP contribution is 2.43. The zero-order valence-electron chi connectivity index (χ0n) is 20.0. The van der Waals surface area contributed by atoms with Crippen molar-refractivity contribution in [3.63, 3.8) is 0 Å². The van der Waals surface area contributed by atoms with E-state index in [1.807, 2.05) is 12.1 Å². The minimum Gasteiger partial charge on any atom is -0.383 e. The molecule has 5 heterocycles. The summed E-state index contributed by atoms with van der Waals surface area (Å²) in [4.78, 5) is 23.0. The first-order valence-corrected chi connectivity index (χ1v) is 12.2. The van der Waals surface area contributed by atoms with Crippen molar-refractivity contribution in [3.8, 4) is 11.3 Å². The van der Waals surface area contributed by atoms with Crippen LogP contribution in [0.5, 0.6) is 0 Å². The summed E-state index contributed by atoms with van der Waals surface area (Å²) in [7, 11) is 0. The van der Waals surface area contributed by atoms with Gasteiger partial charge in [-0.25, -0.2) is 9.78 Å². The second kappa shape index (κ2) is 8.44. The number of nitrogens with one attached hydrogen (secondary N) is 1. The molecule has 3 aromatic heterocycles. The number of nitrogen functional groups attached to an aromatic ring is 1. The first-order valence-electron chi connectivity index (χ1n) is 12.2. The van der Waals surface area contributed by atoms with E-state index in [9.17, 15) is 18.0 Å². The van der Waals surface area contributed by atoms with Crippen LogP contribution < -0.4 is 11.1 Å². The first kappa shape index (κ1) is 23.7. The Morgan fingerprint density at radius 2 is 2.00 bits per heavy atom. The van der Waals surface area contributed by atoms with Crippen LogP contribution >= 0.6 is 0 Å². The molecule has 2 fully saturated rings. The second-order valence-corrected chi connectivity index (χ2v) is 9.91. The van der Waals surface area contributed by atoms with Crippen LogP contribution in [0.4, 0.5) is 23.8 Å². The maximum Gasteiger partial charge on any atom is 0.419 e. The predicted molar refractivity (Wildman–Crippen MR) is 127 cm³/mol. The molecule has 12 heteroatoms. The van der Waals surface area contributed by atoms with Gasteiger partial charge in [0.1, 0.15) is 11.4 Å². The number of hydrogen-bond acceptors (Lipinski definition) is 6. The standard InChI is InChI=1S/C25H26F3N7O2/c26-25(27,28)18-11-16(13-31-21(18)29)19-12-20-24(37-10-9-35(20)33-19)6-8-34(15-24)22(36)32-23(4-2-5-23)17-3-1-7-30-14-17/h1,3,7,11-14H,2,4-6,8-10,15H2,(H2,29,31)(H,32,36)/t24-/m1/s1. The summed E-state index contributed by atoms with van der Waals surface area (Å²) in [5, 5.41) is 7.78. The Morgan fingerprint density at radius 1 is 1.16 bits per heavy atom. The molecule has 3 N–H and O–H groups in total. The molecule has 194 valence electrons. The van der Waals surface area contributed by atoms with Crippen LogP contribution in [0, 0.1) is 0 Å². The van der Waals surface area contributed by atoms with Gasteiger partial charge in [-0.15, -0.1) is 0 Å². The normalized spacial score (nSPS) is 22.5. The van der Waals surface area contributed by atoms with Crippen LogP contribution in [0.15, 0.2) is 42.9 Å². The minimum absolute atomic E-state index is 0.168. The van der Waals surface area contributed by atoms with Gasteiger partial charge in [-0.05, 0) is 43.0 Å². The maximum absolute atomic E-state index is 13.4. The summed E-state index contributed by atoms with van der Waals surface area (Å²) in [5.74, 6) is -0.576. The molecule has 37 heavy (non-hydrogen) atoms. The number of rotatable bonds is 3. The summed E-state index contributed by atoms with van der Waals surface area (Å²) < 4.78 is 48.1. The topological polar surface area (TPSA) is 111 Å². The monoisotopic (exact) mass is 513 g/mol. The summed E-state index contributed by atoms with van der Waals surface area (Å²) in [6.45, 7) is 1.65. The number of alkyl halides is 3. The van der Waals surface area contributed by atoms with Crippen molar-refractivity contribution in [3.05, 3.63) is 59.7 Å². The fraction of sp³-hybridized carbons (Fsp3) is 0.440. The maximum atomic E-state index is 13.4. The average Bonchev–Trinajstić information content (AvgIpc) is 3.48. The van der Waals surface area contributed by atoms with E-state index in [2.05, 4.69) is 20.4 Å². The smallest absolute Gasteiger partial charge is 0.383 e. The summed E-state index contributed by atoms with van der Waals surface area (Å²) in [6, 6.07) is 6.39. The third-order valence-electron chi connectivity index (χ3n) is 7.73. The number of fused-ring (bicyclic) bond motifs is 2. The van der Waals surface area contributed by atoms with Crippen LogP contribution in [0.1, 0.15) is 42.5 Å². The van der Waals surface area contributed by atoms with Gasteiger partial charge in [-0.3, -0.25) is 9.67 Å². The van der Waals surface area contributed by atoms with Crippen molar-refractivity contribution in [2.24, 2.45) is 0 Å². The number of nitrogens with two attached hydrogens (primary N) is 1. The Hall–Kier alpha value is -3.67. The zero-order chi connectivity index (χ0) is 25.8. The lowest BCUT2D eigenvalue weighted by atomic mass is 9.72. The Bertz CT molecular complexity index is 1340. The molecule has 0 aromatic carbocycles. The van der Waals surface area contributed by atoms with Crippen LogP contribution in [-0.4, -0.2) is 50.4 Å². The fourth-order valence-corrected chi connectivity index (χ4v) is 5.57. The molecule has 9 nitrogen and oxygen atoms in total. The van der Waals surface area contributed by atoms with Crippen molar-refractivity contribution in [2.75, 3.05) is 25.4 Å². The zero-order valence-corrected chi connectivity index (χ0v) is 20.0. The molecule has 1 atom stereocenters. The number of ether oxygens (including phenoxy) is 1. The molecule has 1 aliphatic carbocycles. The van der Waals surface area contributed by atoms with Crippen LogP contribution in [0.25, 0.3) is 11.3 Å². The Balaban J connectivity index is 1.24. The number of pyridine rings is 2. The molecule has 1 saturated carbocycles. The molecular formula is C25H26F3N7O2. The Morgan fingerprint density at radius 3 is 2.70 bits per heavy atom. The number of hydrogen-bond donors (Lipinski definition) is 2. The van der Waals surface area contributed by atoms with Gasteiger partial charge in [0.15, 0.2) is 0 Å². The number of amides is 2. The van der Waals surface area contributed by atoms with Crippen LogP contribution in [0.3, 0.4) is 0 Å². The SMILES string of the molecule is Nc1ncc(-c2cc3n(n2)CCO[C@@]32CCN(C(=O)NC3(c4cccnc4)CCC3)C2)cc1C(F)(F)F. The fourth-order valence-electron chi connectivity index (χ4n) is 5.57. The number of carbonyl (C=O) groups is 1. The molecule has 6 rings (SSSR count). The predicted octanol–water partition coefficient (Wildman–Crippen LogP) is 3.66. The van der Waals surface area contributed by atoms with Gasteiger partial charge in [0.25, 0.3) is 0 Å². The van der Waals surface area contributed by atoms with Crippen molar-refractivity contribution in [2.45, 2.75) is 49.5 Å². The molecule has 0 radical (unpaired) electrons. The van der Waals surface area contributed by atoms with Gasteiger partial charge in [-0.1, -0.05) is 6.07 Å². The van der Waals surface area contributed by atoms with Crippen molar-refractivity contribution in [1.82, 2.24) is 30.0 Å². The molecule has 0 bridgehead atoms. The molecular weight excluding hydrogens is 487 g/mol. The van der Waals surface area contributed by atoms with E-state index in [0.717, 1.165) is 36.6 Å². The third kappa shape index (κ3) is 3.99. The Kier molecular flexibility index (Phi) is 5.41. The van der Waals surface area contributed by atoms with Gasteiger partial charge in [0.2, 0.25) is 0 Å². The lowest BCUT2D eigenvalue weighted by molar-refractivity contribution is -0.137. The lowest BCUT2D eigenvalue weighted by Crippen LogP contribution is -2.55. The number of urea groups is 1. The summed E-state index contributed by atoms with van der Waals surface area (Å²) in [6.07, 6.45) is 3.47. The quantitative estimate of drug-likeness (QED) is 0.553. The third-order valence-corrected chi connectivity index (χ3v) is 7.73. The number of likely N-dealkylation sites (tertiary alicyclic amines) is 1. The second-order valence-electron chi connectivity index (χ2n) is 9.91. The molecule has 3 aromatic rings. The van der Waals surface area contributed by atoms with E-state index in [1.54, 1.807) is 28.0 Å². The number of aromatic nitrogens is 4. The van der Waals surface area contributed by atoms with Gasteiger partial charge in [0, 0.05) is 37.1 Å². The van der Waals surface area contributed by atoms with E-state index >= 15 is 0 Å². The lowest BCUT2D eigenvalue weighted by Gasteiger charge is -2.43. The highest BCUT2D eigenvalue weighted by atomic mass is 19.4. The highest BCUT2D eigenvalue weighted by molar-refractivity contribution is 5.76. The molecule has 3 aliphatic rings. The van der Waals surface area contributed by atoms with E-state index in [0.29, 0.717) is 38.4 Å². The van der Waals surface area contributed by atoms with E-state index in [4.69, 9.17) is 10.5 Å². The van der Waals surface area contributed by atoms with Crippen molar-refractivity contribution in [1.29, 1.82) is 0 Å². The average molecular weight is 514 g/mol. The first-order chi connectivity index (χ1) is 17.7. The Labute approximate surface area is 210 Å². The minimum atomic E-state index is -4.62. The van der Waals surface area contributed by atoms with Gasteiger partial charge in [0.05, 0.1) is 42.2 Å². The number of halogens is 3. The number of nitrogens with zero attached hydrogens (tertiary/aromatic N) is 5. The van der Waals surface area contributed by atoms with Gasteiger partial charge >= 0.3 is 12.2 Å².